The first-order valence-corrected chi connectivity index (χ1v) is 8.30. The number of rotatable bonds is 9. The summed E-state index contributed by atoms with van der Waals surface area (Å²) in [5.74, 6) is 1.05. The fourth-order valence-electron chi connectivity index (χ4n) is 1.78. The summed E-state index contributed by atoms with van der Waals surface area (Å²) in [4.78, 5) is 1.23. The average molecular weight is 298 g/mol. The molecule has 0 aliphatic carbocycles. The van der Waals surface area contributed by atoms with Gasteiger partial charge in [0, 0.05) is 21.7 Å². The maximum absolute atomic E-state index is 6.01. The van der Waals surface area contributed by atoms with Crippen LogP contribution in [0, 0.1) is 0 Å². The Kier molecular flexibility index (Phi) is 8.27. The van der Waals surface area contributed by atoms with E-state index < -0.39 is 0 Å². The van der Waals surface area contributed by atoms with Crippen LogP contribution in [-0.4, -0.2) is 18.3 Å². The molecule has 0 spiro atoms. The molecule has 1 unspecified atom stereocenters. The quantitative estimate of drug-likeness (QED) is 0.499. The van der Waals surface area contributed by atoms with Crippen molar-refractivity contribution in [3.63, 3.8) is 0 Å². The number of thioether (sulfide) groups is 1. The van der Waals surface area contributed by atoms with Crippen LogP contribution in [0.4, 0.5) is 0 Å². The molecule has 1 aromatic rings. The molecule has 0 aliphatic rings. The summed E-state index contributed by atoms with van der Waals surface area (Å²) in [7, 11) is 0. The van der Waals surface area contributed by atoms with Crippen LogP contribution >= 0.6 is 23.4 Å². The molecule has 106 valence electrons. The molecule has 19 heavy (non-hydrogen) atoms. The van der Waals surface area contributed by atoms with E-state index in [1.165, 1.54) is 10.5 Å². The normalized spacial score (nSPS) is 12.4. The van der Waals surface area contributed by atoms with E-state index in [2.05, 4.69) is 31.8 Å². The topological polar surface area (TPSA) is 12.0 Å². The summed E-state index contributed by atoms with van der Waals surface area (Å²) >= 11 is 7.87. The van der Waals surface area contributed by atoms with Gasteiger partial charge in [0.15, 0.2) is 0 Å². The Morgan fingerprint density at radius 3 is 2.84 bits per heavy atom. The number of nitrogens with one attached hydrogen (secondary N) is 1. The number of halogens is 1. The Morgan fingerprint density at radius 1 is 1.42 bits per heavy atom. The lowest BCUT2D eigenvalue weighted by Crippen LogP contribution is -2.32. The molecule has 0 saturated carbocycles. The molecule has 0 bridgehead atoms. The molecule has 0 heterocycles. The summed E-state index contributed by atoms with van der Waals surface area (Å²) in [5, 5.41) is 4.41. The van der Waals surface area contributed by atoms with Crippen molar-refractivity contribution >= 4 is 23.4 Å². The maximum atomic E-state index is 6.01. The van der Waals surface area contributed by atoms with E-state index >= 15 is 0 Å². The largest absolute Gasteiger partial charge is 0.313 e. The van der Waals surface area contributed by atoms with Crippen LogP contribution in [0.25, 0.3) is 0 Å². The highest BCUT2D eigenvalue weighted by molar-refractivity contribution is 7.99. The molecule has 0 radical (unpaired) electrons. The zero-order valence-electron chi connectivity index (χ0n) is 11.9. The van der Waals surface area contributed by atoms with Crippen LogP contribution in [0.3, 0.4) is 0 Å². The first-order chi connectivity index (χ1) is 9.15. The fourth-order valence-corrected chi connectivity index (χ4v) is 3.05. The van der Waals surface area contributed by atoms with Gasteiger partial charge in [0.05, 0.1) is 0 Å². The van der Waals surface area contributed by atoms with E-state index in [4.69, 9.17) is 11.6 Å². The maximum Gasteiger partial charge on any atom is 0.0417 e. The highest BCUT2D eigenvalue weighted by atomic mass is 35.5. The second-order valence-electron chi connectivity index (χ2n) is 4.73. The zero-order valence-corrected chi connectivity index (χ0v) is 13.5. The van der Waals surface area contributed by atoms with Crippen LogP contribution in [0.2, 0.25) is 5.02 Å². The Hall–Kier alpha value is -0.440. The van der Waals surface area contributed by atoms with Gasteiger partial charge in [-0.15, -0.1) is 11.8 Å². The smallest absolute Gasteiger partial charge is 0.0417 e. The zero-order chi connectivity index (χ0) is 14.1. The summed E-state index contributed by atoms with van der Waals surface area (Å²) in [6, 6.07) is 8.55. The second-order valence-corrected chi connectivity index (χ2v) is 6.26. The highest BCUT2D eigenvalue weighted by Crippen LogP contribution is 2.23. The molecular weight excluding hydrogens is 274 g/mol. The molecule has 3 heteroatoms. The van der Waals surface area contributed by atoms with Crippen LogP contribution in [0.1, 0.15) is 33.1 Å². The standard InChI is InChI=1S/C16H24ClNS/c1-4-9-18-15(10-13(3)5-2)12-19-16-8-6-7-14(17)11-16/h6-8,11,15,18H,3-5,9-10,12H2,1-2H3. The van der Waals surface area contributed by atoms with Crippen molar-refractivity contribution in [3.8, 4) is 0 Å². The minimum absolute atomic E-state index is 0.497. The van der Waals surface area contributed by atoms with E-state index in [1.54, 1.807) is 0 Å². The second kappa shape index (κ2) is 9.46. The lowest BCUT2D eigenvalue weighted by molar-refractivity contribution is 0.544. The van der Waals surface area contributed by atoms with Gasteiger partial charge in [-0.05, 0) is 44.0 Å². The fraction of sp³-hybridized carbons (Fsp3) is 0.500. The predicted molar refractivity (Wildman–Crippen MR) is 88.3 cm³/mol. The van der Waals surface area contributed by atoms with Crippen molar-refractivity contribution in [1.29, 1.82) is 0 Å². The molecule has 0 fully saturated rings. The van der Waals surface area contributed by atoms with Crippen LogP contribution in [-0.2, 0) is 0 Å². The van der Waals surface area contributed by atoms with Crippen LogP contribution < -0.4 is 5.32 Å². The Labute approximate surface area is 126 Å². The number of hydrogen-bond acceptors (Lipinski definition) is 2. The molecule has 1 aromatic carbocycles. The van der Waals surface area contributed by atoms with E-state index in [9.17, 15) is 0 Å². The first kappa shape index (κ1) is 16.6. The van der Waals surface area contributed by atoms with Gasteiger partial charge in [-0.3, -0.25) is 0 Å². The van der Waals surface area contributed by atoms with Gasteiger partial charge in [0.1, 0.15) is 0 Å². The minimum Gasteiger partial charge on any atom is -0.313 e. The predicted octanol–water partition coefficient (Wildman–Crippen LogP) is 5.16. The molecule has 0 amide bonds. The average Bonchev–Trinajstić information content (AvgIpc) is 2.41. The summed E-state index contributed by atoms with van der Waals surface area (Å²) in [6.07, 6.45) is 3.28. The van der Waals surface area contributed by atoms with E-state index in [1.807, 2.05) is 30.0 Å². The third-order valence-corrected chi connectivity index (χ3v) is 4.36. The van der Waals surface area contributed by atoms with Crippen molar-refractivity contribution in [2.75, 3.05) is 12.3 Å². The van der Waals surface area contributed by atoms with Crippen molar-refractivity contribution in [2.24, 2.45) is 0 Å². The minimum atomic E-state index is 0.497. The number of benzene rings is 1. The summed E-state index contributed by atoms with van der Waals surface area (Å²) < 4.78 is 0. The van der Waals surface area contributed by atoms with Crippen molar-refractivity contribution in [2.45, 2.75) is 44.0 Å². The first-order valence-electron chi connectivity index (χ1n) is 6.94. The molecule has 0 aliphatic heterocycles. The van der Waals surface area contributed by atoms with E-state index in [0.29, 0.717) is 6.04 Å². The summed E-state index contributed by atoms with van der Waals surface area (Å²) in [6.45, 7) is 9.55. The van der Waals surface area contributed by atoms with E-state index in [0.717, 1.165) is 36.6 Å². The molecule has 0 aromatic heterocycles. The van der Waals surface area contributed by atoms with Gasteiger partial charge in [-0.1, -0.05) is 43.7 Å². The highest BCUT2D eigenvalue weighted by Gasteiger charge is 2.09. The molecule has 0 saturated heterocycles. The molecule has 1 atom stereocenters. The van der Waals surface area contributed by atoms with Gasteiger partial charge >= 0.3 is 0 Å². The van der Waals surface area contributed by atoms with E-state index in [-0.39, 0.29) is 0 Å². The molecule has 1 N–H and O–H groups in total. The SMILES string of the molecule is C=C(CC)CC(CSc1cccc(Cl)c1)NCCC. The van der Waals surface area contributed by atoms with Crippen molar-refractivity contribution < 1.29 is 0 Å². The number of hydrogen-bond donors (Lipinski definition) is 1. The molecule has 1 nitrogen and oxygen atoms in total. The Bertz CT molecular complexity index is 392. The Balaban J connectivity index is 2.49. The molecule has 1 rings (SSSR count). The Morgan fingerprint density at radius 2 is 2.21 bits per heavy atom. The van der Waals surface area contributed by atoms with Crippen LogP contribution in [0.5, 0.6) is 0 Å². The lowest BCUT2D eigenvalue weighted by atomic mass is 10.1. The lowest BCUT2D eigenvalue weighted by Gasteiger charge is -2.19. The van der Waals surface area contributed by atoms with Gasteiger partial charge < -0.3 is 5.32 Å². The van der Waals surface area contributed by atoms with Crippen molar-refractivity contribution in [3.05, 3.63) is 41.4 Å². The van der Waals surface area contributed by atoms with Gasteiger partial charge in [-0.2, -0.15) is 0 Å². The third kappa shape index (κ3) is 7.05. The van der Waals surface area contributed by atoms with Gasteiger partial charge in [0.2, 0.25) is 0 Å². The van der Waals surface area contributed by atoms with Crippen LogP contribution in [0.15, 0.2) is 41.3 Å². The monoisotopic (exact) mass is 297 g/mol. The third-order valence-electron chi connectivity index (χ3n) is 2.97. The van der Waals surface area contributed by atoms with Gasteiger partial charge in [-0.25, -0.2) is 0 Å². The van der Waals surface area contributed by atoms with Crippen molar-refractivity contribution in [1.82, 2.24) is 5.32 Å². The summed E-state index contributed by atoms with van der Waals surface area (Å²) in [5.41, 5.74) is 1.32. The molecular formula is C16H24ClNS. The van der Waals surface area contributed by atoms with Gasteiger partial charge in [0.25, 0.3) is 0 Å².